The Morgan fingerprint density at radius 2 is 1.83 bits per heavy atom. The molecule has 0 saturated carbocycles. The maximum absolute atomic E-state index is 12.9. The van der Waals surface area contributed by atoms with Crippen molar-refractivity contribution in [2.75, 3.05) is 10.6 Å². The first kappa shape index (κ1) is 20.0. The minimum atomic E-state index is -0.251. The van der Waals surface area contributed by atoms with Crippen LogP contribution in [0.2, 0.25) is 5.02 Å². The van der Waals surface area contributed by atoms with E-state index in [2.05, 4.69) is 10.6 Å². The molecule has 0 atom stereocenters. The SMILES string of the molecule is O=C1CCCc2cc(NC(=O)c3ccccc3OCc3ccc(Cl)cc3)ccc2N1. The molecule has 5 nitrogen and oxygen atoms in total. The van der Waals surface area contributed by atoms with E-state index in [1.807, 2.05) is 30.3 Å². The molecule has 0 fully saturated rings. The van der Waals surface area contributed by atoms with Crippen LogP contribution in [0.15, 0.2) is 66.7 Å². The number of carbonyl (C=O) groups is 2. The zero-order valence-corrected chi connectivity index (χ0v) is 17.0. The zero-order chi connectivity index (χ0) is 20.9. The van der Waals surface area contributed by atoms with Crippen LogP contribution in [0, 0.1) is 0 Å². The van der Waals surface area contributed by atoms with E-state index in [-0.39, 0.29) is 11.8 Å². The van der Waals surface area contributed by atoms with Gasteiger partial charge in [0.1, 0.15) is 12.4 Å². The lowest BCUT2D eigenvalue weighted by Gasteiger charge is -2.13. The highest BCUT2D eigenvalue weighted by molar-refractivity contribution is 6.30. The van der Waals surface area contributed by atoms with Crippen LogP contribution in [0.5, 0.6) is 5.75 Å². The van der Waals surface area contributed by atoms with E-state index >= 15 is 0 Å². The van der Waals surface area contributed by atoms with Gasteiger partial charge in [-0.2, -0.15) is 0 Å². The van der Waals surface area contributed by atoms with Gasteiger partial charge in [-0.25, -0.2) is 0 Å². The van der Waals surface area contributed by atoms with Crippen molar-refractivity contribution < 1.29 is 14.3 Å². The van der Waals surface area contributed by atoms with Crippen LogP contribution in [0.3, 0.4) is 0 Å². The second-order valence-electron chi connectivity index (χ2n) is 7.14. The molecule has 152 valence electrons. The first-order valence-corrected chi connectivity index (χ1v) is 10.2. The molecule has 1 heterocycles. The molecule has 6 heteroatoms. The maximum atomic E-state index is 12.9. The summed E-state index contributed by atoms with van der Waals surface area (Å²) in [4.78, 5) is 24.6. The molecule has 2 amide bonds. The summed E-state index contributed by atoms with van der Waals surface area (Å²) < 4.78 is 5.89. The molecule has 30 heavy (non-hydrogen) atoms. The fraction of sp³-hybridized carbons (Fsp3) is 0.167. The third-order valence-electron chi connectivity index (χ3n) is 4.93. The topological polar surface area (TPSA) is 67.4 Å². The minimum absolute atomic E-state index is 0.0253. The number of hydrogen-bond acceptors (Lipinski definition) is 3. The summed E-state index contributed by atoms with van der Waals surface area (Å²) in [5, 5.41) is 6.50. The lowest BCUT2D eigenvalue weighted by Crippen LogP contribution is -2.14. The number of aryl methyl sites for hydroxylation is 1. The number of amides is 2. The molecule has 0 aliphatic carbocycles. The summed E-state index contributed by atoms with van der Waals surface area (Å²) in [5.74, 6) is 0.281. The third-order valence-corrected chi connectivity index (χ3v) is 5.18. The number of hydrogen-bond donors (Lipinski definition) is 2. The first-order chi connectivity index (χ1) is 14.6. The summed E-state index contributed by atoms with van der Waals surface area (Å²) in [5.41, 5.74) is 3.92. The lowest BCUT2D eigenvalue weighted by atomic mass is 10.1. The Labute approximate surface area is 180 Å². The van der Waals surface area contributed by atoms with Crippen molar-refractivity contribution in [2.24, 2.45) is 0 Å². The Morgan fingerprint density at radius 1 is 1.03 bits per heavy atom. The average molecular weight is 421 g/mol. The quantitative estimate of drug-likeness (QED) is 0.577. The Kier molecular flexibility index (Phi) is 6.00. The maximum Gasteiger partial charge on any atom is 0.259 e. The van der Waals surface area contributed by atoms with E-state index in [9.17, 15) is 9.59 Å². The van der Waals surface area contributed by atoms with Crippen LogP contribution in [0.1, 0.15) is 34.3 Å². The van der Waals surface area contributed by atoms with Gasteiger partial charge in [0.25, 0.3) is 5.91 Å². The summed E-state index contributed by atoms with van der Waals surface area (Å²) in [6.45, 7) is 0.333. The van der Waals surface area contributed by atoms with Gasteiger partial charge in [0.15, 0.2) is 0 Å². The van der Waals surface area contributed by atoms with Gasteiger partial charge in [0.05, 0.1) is 5.56 Å². The molecule has 0 spiro atoms. The predicted octanol–water partition coefficient (Wildman–Crippen LogP) is 5.45. The van der Waals surface area contributed by atoms with Gasteiger partial charge in [0.2, 0.25) is 5.91 Å². The molecule has 3 aromatic rings. The average Bonchev–Trinajstić information content (AvgIpc) is 2.94. The fourth-order valence-corrected chi connectivity index (χ4v) is 3.50. The monoisotopic (exact) mass is 420 g/mol. The molecular weight excluding hydrogens is 400 g/mol. The fourth-order valence-electron chi connectivity index (χ4n) is 3.37. The summed E-state index contributed by atoms with van der Waals surface area (Å²) in [6.07, 6.45) is 2.09. The van der Waals surface area contributed by atoms with Gasteiger partial charge in [0, 0.05) is 22.8 Å². The van der Waals surface area contributed by atoms with Crippen LogP contribution in [-0.4, -0.2) is 11.8 Å². The number of nitrogens with one attached hydrogen (secondary N) is 2. The number of ether oxygens (including phenoxy) is 1. The van der Waals surface area contributed by atoms with E-state index in [1.54, 1.807) is 36.4 Å². The Balaban J connectivity index is 1.48. The van der Waals surface area contributed by atoms with E-state index in [1.165, 1.54) is 0 Å². The first-order valence-electron chi connectivity index (χ1n) is 9.79. The van der Waals surface area contributed by atoms with E-state index in [4.69, 9.17) is 16.3 Å². The van der Waals surface area contributed by atoms with Crippen LogP contribution in [-0.2, 0) is 17.8 Å². The molecule has 1 aliphatic heterocycles. The number of rotatable bonds is 5. The molecule has 0 unspecified atom stereocenters. The standard InChI is InChI=1S/C24H21ClN2O3/c25-18-10-8-16(9-11-18)15-30-22-6-2-1-5-20(22)24(29)26-19-12-13-21-17(14-19)4-3-7-23(28)27-21/h1-2,5-6,8-14H,3-4,7,15H2,(H,26,29)(H,27,28). The van der Waals surface area contributed by atoms with Gasteiger partial charge >= 0.3 is 0 Å². The molecular formula is C24H21ClN2O3. The van der Waals surface area contributed by atoms with E-state index in [0.717, 1.165) is 29.7 Å². The lowest BCUT2D eigenvalue weighted by molar-refractivity contribution is -0.116. The Bertz CT molecular complexity index is 1080. The van der Waals surface area contributed by atoms with Gasteiger partial charge in [-0.3, -0.25) is 9.59 Å². The summed E-state index contributed by atoms with van der Waals surface area (Å²) in [7, 11) is 0. The van der Waals surface area contributed by atoms with Gasteiger partial charge in [-0.15, -0.1) is 0 Å². The molecule has 2 N–H and O–H groups in total. The molecule has 0 bridgehead atoms. The Hall–Kier alpha value is -3.31. The number of fused-ring (bicyclic) bond motifs is 1. The molecule has 0 aromatic heterocycles. The van der Waals surface area contributed by atoms with Crippen molar-refractivity contribution in [2.45, 2.75) is 25.9 Å². The van der Waals surface area contributed by atoms with Gasteiger partial charge < -0.3 is 15.4 Å². The van der Waals surface area contributed by atoms with Crippen LogP contribution < -0.4 is 15.4 Å². The van der Waals surface area contributed by atoms with Crippen molar-refractivity contribution in [3.8, 4) is 5.75 Å². The summed E-state index contributed by atoms with van der Waals surface area (Å²) >= 11 is 5.92. The highest BCUT2D eigenvalue weighted by Crippen LogP contribution is 2.27. The van der Waals surface area contributed by atoms with Crippen LogP contribution >= 0.6 is 11.6 Å². The number of halogens is 1. The van der Waals surface area contributed by atoms with Gasteiger partial charge in [-0.1, -0.05) is 35.9 Å². The zero-order valence-electron chi connectivity index (χ0n) is 16.3. The van der Waals surface area contributed by atoms with Crippen molar-refractivity contribution in [3.05, 3.63) is 88.4 Å². The second-order valence-corrected chi connectivity index (χ2v) is 7.58. The normalized spacial score (nSPS) is 13.0. The number of benzene rings is 3. The molecule has 3 aromatic carbocycles. The molecule has 0 saturated heterocycles. The molecule has 1 aliphatic rings. The largest absolute Gasteiger partial charge is 0.488 e. The summed E-state index contributed by atoms with van der Waals surface area (Å²) in [6, 6.07) is 20.1. The van der Waals surface area contributed by atoms with Crippen molar-refractivity contribution in [3.63, 3.8) is 0 Å². The number of para-hydroxylation sites is 1. The second kappa shape index (κ2) is 9.01. The smallest absolute Gasteiger partial charge is 0.259 e. The van der Waals surface area contributed by atoms with Crippen molar-refractivity contribution in [1.29, 1.82) is 0 Å². The minimum Gasteiger partial charge on any atom is -0.488 e. The Morgan fingerprint density at radius 3 is 2.67 bits per heavy atom. The number of carbonyl (C=O) groups excluding carboxylic acids is 2. The van der Waals surface area contributed by atoms with E-state index in [0.29, 0.717) is 35.1 Å². The van der Waals surface area contributed by atoms with Crippen LogP contribution in [0.25, 0.3) is 0 Å². The number of anilines is 2. The third kappa shape index (κ3) is 4.81. The van der Waals surface area contributed by atoms with E-state index < -0.39 is 0 Å². The van der Waals surface area contributed by atoms with Crippen molar-refractivity contribution >= 4 is 34.8 Å². The van der Waals surface area contributed by atoms with Gasteiger partial charge in [-0.05, 0) is 66.4 Å². The highest BCUT2D eigenvalue weighted by atomic mass is 35.5. The highest BCUT2D eigenvalue weighted by Gasteiger charge is 2.16. The molecule has 4 rings (SSSR count). The predicted molar refractivity (Wildman–Crippen MR) is 118 cm³/mol. The van der Waals surface area contributed by atoms with Crippen LogP contribution in [0.4, 0.5) is 11.4 Å². The van der Waals surface area contributed by atoms with Crippen molar-refractivity contribution in [1.82, 2.24) is 0 Å². The molecule has 0 radical (unpaired) electrons.